The molecular weight excluding hydrogens is 316 g/mol. The fourth-order valence-electron chi connectivity index (χ4n) is 2.37. The van der Waals surface area contributed by atoms with Crippen LogP contribution in [0.15, 0.2) is 36.7 Å². The maximum atomic E-state index is 11.5. The van der Waals surface area contributed by atoms with Crippen LogP contribution in [-0.4, -0.2) is 27.4 Å². The van der Waals surface area contributed by atoms with E-state index in [9.17, 15) is 4.79 Å². The predicted molar refractivity (Wildman–Crippen MR) is 87.4 cm³/mol. The molecule has 0 aliphatic rings. The Morgan fingerprint density at radius 1 is 1.35 bits per heavy atom. The standard InChI is InChI=1S/C16H15ClN4O2/c1-23-14(22)9-12-15(17)20-13(21-7-6-19-16(12)21)8-10-2-4-11(18)5-3-10/h2-7H,8-9,18H2,1H3. The van der Waals surface area contributed by atoms with Crippen LogP contribution in [0, 0.1) is 0 Å². The fraction of sp³-hybridized carbons (Fsp3) is 0.188. The van der Waals surface area contributed by atoms with E-state index in [0.29, 0.717) is 23.3 Å². The number of benzene rings is 1. The van der Waals surface area contributed by atoms with Crippen LogP contribution in [0.4, 0.5) is 5.69 Å². The number of hydrogen-bond donors (Lipinski definition) is 1. The molecule has 0 aliphatic heterocycles. The summed E-state index contributed by atoms with van der Waals surface area (Å²) in [6, 6.07) is 7.56. The molecule has 2 aromatic heterocycles. The molecule has 6 nitrogen and oxygen atoms in total. The Morgan fingerprint density at radius 3 is 2.78 bits per heavy atom. The quantitative estimate of drug-likeness (QED) is 0.451. The van der Waals surface area contributed by atoms with Gasteiger partial charge in [0.1, 0.15) is 16.6 Å². The van der Waals surface area contributed by atoms with Gasteiger partial charge in [0.2, 0.25) is 0 Å². The minimum atomic E-state index is -0.384. The SMILES string of the molecule is COC(=O)Cc1c(Cl)nc(Cc2ccc(N)cc2)n2ccnc12. The van der Waals surface area contributed by atoms with Crippen LogP contribution < -0.4 is 5.73 Å². The first-order valence-corrected chi connectivity index (χ1v) is 7.38. The van der Waals surface area contributed by atoms with Crippen LogP contribution >= 0.6 is 11.6 Å². The molecule has 118 valence electrons. The lowest BCUT2D eigenvalue weighted by atomic mass is 10.1. The number of rotatable bonds is 4. The molecular formula is C16H15ClN4O2. The topological polar surface area (TPSA) is 82.5 Å². The van der Waals surface area contributed by atoms with Crippen molar-refractivity contribution in [2.75, 3.05) is 12.8 Å². The van der Waals surface area contributed by atoms with E-state index >= 15 is 0 Å². The van der Waals surface area contributed by atoms with Crippen molar-refractivity contribution in [3.05, 3.63) is 58.8 Å². The Kier molecular flexibility index (Phi) is 4.16. The van der Waals surface area contributed by atoms with Gasteiger partial charge in [-0.1, -0.05) is 23.7 Å². The molecule has 2 heterocycles. The van der Waals surface area contributed by atoms with Gasteiger partial charge in [-0.3, -0.25) is 9.20 Å². The third-order valence-corrected chi connectivity index (χ3v) is 3.87. The van der Waals surface area contributed by atoms with Gasteiger partial charge in [-0.2, -0.15) is 0 Å². The van der Waals surface area contributed by atoms with Crippen molar-refractivity contribution < 1.29 is 9.53 Å². The van der Waals surface area contributed by atoms with Crippen molar-refractivity contribution in [1.29, 1.82) is 0 Å². The van der Waals surface area contributed by atoms with E-state index < -0.39 is 0 Å². The molecule has 0 spiro atoms. The molecule has 3 rings (SSSR count). The Morgan fingerprint density at radius 2 is 2.09 bits per heavy atom. The lowest BCUT2D eigenvalue weighted by Gasteiger charge is -2.10. The van der Waals surface area contributed by atoms with E-state index in [2.05, 4.69) is 9.97 Å². The molecule has 3 aromatic rings. The molecule has 2 N–H and O–H groups in total. The Bertz CT molecular complexity index is 858. The summed E-state index contributed by atoms with van der Waals surface area (Å²) in [6.07, 6.45) is 4.06. The summed E-state index contributed by atoms with van der Waals surface area (Å²) in [5.74, 6) is 0.353. The Labute approximate surface area is 137 Å². The molecule has 0 aliphatic carbocycles. The second-order valence-electron chi connectivity index (χ2n) is 5.09. The first-order valence-electron chi connectivity index (χ1n) is 7.00. The normalized spacial score (nSPS) is 10.9. The Hall–Kier alpha value is -2.60. The van der Waals surface area contributed by atoms with Crippen molar-refractivity contribution in [3.8, 4) is 0 Å². The van der Waals surface area contributed by atoms with Crippen LogP contribution in [0.1, 0.15) is 17.0 Å². The molecule has 0 amide bonds. The molecule has 0 fully saturated rings. The number of ether oxygens (including phenoxy) is 1. The second-order valence-corrected chi connectivity index (χ2v) is 5.45. The van der Waals surface area contributed by atoms with E-state index in [1.165, 1.54) is 7.11 Å². The molecule has 0 radical (unpaired) electrons. The zero-order valence-corrected chi connectivity index (χ0v) is 13.2. The van der Waals surface area contributed by atoms with Gasteiger partial charge in [-0.25, -0.2) is 9.97 Å². The molecule has 7 heteroatoms. The highest BCUT2D eigenvalue weighted by molar-refractivity contribution is 6.30. The number of aromatic nitrogens is 3. The minimum absolute atomic E-state index is 0.0327. The van der Waals surface area contributed by atoms with Gasteiger partial charge >= 0.3 is 5.97 Å². The zero-order valence-electron chi connectivity index (χ0n) is 12.5. The summed E-state index contributed by atoms with van der Waals surface area (Å²) in [7, 11) is 1.34. The largest absolute Gasteiger partial charge is 0.469 e. The number of halogens is 1. The first-order chi connectivity index (χ1) is 11.1. The number of nitrogens with two attached hydrogens (primary N) is 1. The maximum Gasteiger partial charge on any atom is 0.310 e. The third kappa shape index (κ3) is 3.12. The van der Waals surface area contributed by atoms with E-state index in [1.807, 2.05) is 28.7 Å². The van der Waals surface area contributed by atoms with Gasteiger partial charge in [0.15, 0.2) is 0 Å². The molecule has 0 unspecified atom stereocenters. The highest BCUT2D eigenvalue weighted by atomic mass is 35.5. The van der Waals surface area contributed by atoms with Crippen molar-refractivity contribution in [1.82, 2.24) is 14.4 Å². The number of imidazole rings is 1. The maximum absolute atomic E-state index is 11.5. The molecule has 0 atom stereocenters. The number of fused-ring (bicyclic) bond motifs is 1. The molecule has 0 bridgehead atoms. The van der Waals surface area contributed by atoms with Gasteiger partial charge in [0.25, 0.3) is 0 Å². The number of methoxy groups -OCH3 is 1. The lowest BCUT2D eigenvalue weighted by molar-refractivity contribution is -0.139. The van der Waals surface area contributed by atoms with Gasteiger partial charge < -0.3 is 10.5 Å². The van der Waals surface area contributed by atoms with E-state index in [4.69, 9.17) is 22.1 Å². The van der Waals surface area contributed by atoms with Gasteiger partial charge in [0, 0.05) is 30.1 Å². The van der Waals surface area contributed by atoms with E-state index in [1.54, 1.807) is 12.4 Å². The Balaban J connectivity index is 2.02. The van der Waals surface area contributed by atoms with Gasteiger partial charge in [0.05, 0.1) is 13.5 Å². The summed E-state index contributed by atoms with van der Waals surface area (Å²) >= 11 is 6.27. The number of carbonyl (C=O) groups excluding carboxylic acids is 1. The average Bonchev–Trinajstić information content (AvgIpc) is 3.02. The highest BCUT2D eigenvalue weighted by Gasteiger charge is 2.17. The summed E-state index contributed by atoms with van der Waals surface area (Å²) in [5.41, 5.74) is 8.64. The number of carbonyl (C=O) groups is 1. The predicted octanol–water partition coefficient (Wildman–Crippen LogP) is 2.27. The van der Waals surface area contributed by atoms with Crippen LogP contribution in [0.5, 0.6) is 0 Å². The number of anilines is 1. The smallest absolute Gasteiger partial charge is 0.310 e. The van der Waals surface area contributed by atoms with E-state index in [0.717, 1.165) is 11.4 Å². The minimum Gasteiger partial charge on any atom is -0.469 e. The van der Waals surface area contributed by atoms with Crippen molar-refractivity contribution in [2.45, 2.75) is 12.8 Å². The van der Waals surface area contributed by atoms with Crippen molar-refractivity contribution in [2.24, 2.45) is 0 Å². The second kappa shape index (κ2) is 6.26. The summed E-state index contributed by atoms with van der Waals surface area (Å²) in [4.78, 5) is 20.3. The van der Waals surface area contributed by atoms with Crippen LogP contribution in [-0.2, 0) is 22.4 Å². The molecule has 0 saturated heterocycles. The summed E-state index contributed by atoms with van der Waals surface area (Å²) in [6.45, 7) is 0. The number of hydrogen-bond acceptors (Lipinski definition) is 5. The average molecular weight is 331 g/mol. The van der Waals surface area contributed by atoms with Crippen molar-refractivity contribution >= 4 is 28.9 Å². The fourth-order valence-corrected chi connectivity index (χ4v) is 2.62. The van der Waals surface area contributed by atoms with E-state index in [-0.39, 0.29) is 17.5 Å². The monoisotopic (exact) mass is 330 g/mol. The molecule has 1 aromatic carbocycles. The molecule has 23 heavy (non-hydrogen) atoms. The number of nitrogen functional groups attached to an aromatic ring is 1. The van der Waals surface area contributed by atoms with Gasteiger partial charge in [-0.05, 0) is 17.7 Å². The van der Waals surface area contributed by atoms with Crippen LogP contribution in [0.2, 0.25) is 5.15 Å². The zero-order chi connectivity index (χ0) is 16.4. The third-order valence-electron chi connectivity index (χ3n) is 3.56. The number of nitrogens with zero attached hydrogens (tertiary/aromatic N) is 3. The van der Waals surface area contributed by atoms with Crippen molar-refractivity contribution in [3.63, 3.8) is 0 Å². The van der Waals surface area contributed by atoms with Crippen LogP contribution in [0.25, 0.3) is 5.65 Å². The lowest BCUT2D eigenvalue weighted by Crippen LogP contribution is -2.10. The summed E-state index contributed by atoms with van der Waals surface area (Å²) < 4.78 is 6.53. The molecule has 0 saturated carbocycles. The first kappa shape index (κ1) is 15.3. The number of esters is 1. The van der Waals surface area contributed by atoms with Crippen LogP contribution in [0.3, 0.4) is 0 Å². The highest BCUT2D eigenvalue weighted by Crippen LogP contribution is 2.22. The summed E-state index contributed by atoms with van der Waals surface area (Å²) in [5, 5.41) is 0.263. The van der Waals surface area contributed by atoms with Gasteiger partial charge in [-0.15, -0.1) is 0 Å².